The van der Waals surface area contributed by atoms with E-state index < -0.39 is 5.41 Å². The first-order valence-electron chi connectivity index (χ1n) is 10.3. The van der Waals surface area contributed by atoms with Crippen LogP contribution < -0.4 is 16.8 Å². The smallest absolute Gasteiger partial charge is 0.229 e. The van der Waals surface area contributed by atoms with E-state index in [1.54, 1.807) is 0 Å². The largest absolute Gasteiger partial charge is 0.343 e. The van der Waals surface area contributed by atoms with Gasteiger partial charge in [-0.1, -0.05) is 84.9 Å². The summed E-state index contributed by atoms with van der Waals surface area (Å²) < 4.78 is 0. The molecule has 4 nitrogen and oxygen atoms in total. The minimum absolute atomic E-state index is 0.0933. The minimum Gasteiger partial charge on any atom is -0.343 e. The Morgan fingerprint density at radius 2 is 1.17 bits per heavy atom. The number of carbonyl (C=O) groups is 1. The van der Waals surface area contributed by atoms with Gasteiger partial charge in [-0.25, -0.2) is 0 Å². The van der Waals surface area contributed by atoms with Crippen LogP contribution in [0.5, 0.6) is 0 Å². The van der Waals surface area contributed by atoms with Gasteiger partial charge in [0.1, 0.15) is 0 Å². The molecule has 5 N–H and O–H groups in total. The number of fused-ring (bicyclic) bond motifs is 2. The Hall–Kier alpha value is -3.21. The molecule has 4 heteroatoms. The van der Waals surface area contributed by atoms with Crippen LogP contribution in [-0.2, 0) is 17.6 Å². The van der Waals surface area contributed by atoms with Crippen LogP contribution in [0.3, 0.4) is 0 Å². The normalized spacial score (nSPS) is 11.7. The molecule has 0 saturated heterocycles. The fraction of sp³-hybridized carbons (Fsp3) is 0.192. The Bertz CT molecular complexity index is 1100. The van der Waals surface area contributed by atoms with Crippen molar-refractivity contribution in [3.63, 3.8) is 0 Å². The van der Waals surface area contributed by atoms with Crippen LogP contribution in [0.15, 0.2) is 84.9 Å². The first kappa shape index (κ1) is 20.1. The monoisotopic (exact) mass is 397 g/mol. The van der Waals surface area contributed by atoms with E-state index in [0.717, 1.165) is 21.9 Å². The van der Waals surface area contributed by atoms with Crippen molar-refractivity contribution in [3.8, 4) is 0 Å². The molecule has 0 spiro atoms. The third kappa shape index (κ3) is 4.06. The second kappa shape index (κ2) is 8.66. The summed E-state index contributed by atoms with van der Waals surface area (Å²) in [5.74, 6) is -0.103. The molecule has 0 fully saturated rings. The summed E-state index contributed by atoms with van der Waals surface area (Å²) in [6, 6.07) is 29.1. The van der Waals surface area contributed by atoms with Crippen molar-refractivity contribution in [1.82, 2.24) is 5.32 Å². The van der Waals surface area contributed by atoms with Crippen molar-refractivity contribution in [2.45, 2.75) is 12.8 Å². The number of nitrogens with two attached hydrogens (primary N) is 2. The Morgan fingerprint density at radius 1 is 0.700 bits per heavy atom. The molecule has 4 aromatic rings. The maximum atomic E-state index is 13.2. The van der Waals surface area contributed by atoms with Crippen molar-refractivity contribution >= 4 is 27.5 Å². The number of nitrogens with one attached hydrogen (secondary N) is 1. The van der Waals surface area contributed by atoms with Crippen LogP contribution in [0.25, 0.3) is 21.5 Å². The fourth-order valence-corrected chi connectivity index (χ4v) is 4.22. The number of rotatable bonds is 7. The molecule has 0 aromatic heterocycles. The van der Waals surface area contributed by atoms with E-state index in [2.05, 4.69) is 66.0 Å². The highest BCUT2D eigenvalue weighted by Crippen LogP contribution is 2.30. The predicted octanol–water partition coefficient (Wildman–Crippen LogP) is 3.76. The van der Waals surface area contributed by atoms with Crippen molar-refractivity contribution in [2.75, 3.05) is 13.2 Å². The third-order valence-corrected chi connectivity index (χ3v) is 5.85. The van der Waals surface area contributed by atoms with Crippen molar-refractivity contribution in [3.05, 3.63) is 96.1 Å². The number of amides is 1. The predicted molar refractivity (Wildman–Crippen MR) is 124 cm³/mol. The van der Waals surface area contributed by atoms with Gasteiger partial charge in [-0.2, -0.15) is 0 Å². The van der Waals surface area contributed by atoms with Crippen molar-refractivity contribution in [2.24, 2.45) is 16.9 Å². The zero-order valence-electron chi connectivity index (χ0n) is 17.0. The van der Waals surface area contributed by atoms with E-state index in [0.29, 0.717) is 12.8 Å². The maximum absolute atomic E-state index is 13.2. The summed E-state index contributed by atoms with van der Waals surface area (Å²) in [6.07, 6.45) is 1.10. The lowest BCUT2D eigenvalue weighted by Crippen LogP contribution is -2.50. The zero-order valence-corrected chi connectivity index (χ0v) is 17.0. The third-order valence-electron chi connectivity index (χ3n) is 5.85. The van der Waals surface area contributed by atoms with E-state index in [1.807, 2.05) is 24.3 Å². The van der Waals surface area contributed by atoms with Gasteiger partial charge >= 0.3 is 0 Å². The average molecular weight is 398 g/mol. The highest BCUT2D eigenvalue weighted by atomic mass is 16.2. The van der Waals surface area contributed by atoms with E-state index in [4.69, 9.17) is 11.5 Å². The summed E-state index contributed by atoms with van der Waals surface area (Å²) in [4.78, 5) is 13.2. The number of hydrogen-bond acceptors (Lipinski definition) is 3. The van der Waals surface area contributed by atoms with Gasteiger partial charge < -0.3 is 16.8 Å². The zero-order chi connectivity index (χ0) is 21.0. The van der Waals surface area contributed by atoms with Crippen LogP contribution in [0.2, 0.25) is 0 Å². The van der Waals surface area contributed by atoms with Gasteiger partial charge in [-0.15, -0.1) is 0 Å². The molecule has 0 radical (unpaired) electrons. The lowest BCUT2D eigenvalue weighted by molar-refractivity contribution is -0.130. The molecule has 0 aliphatic rings. The molecule has 0 atom stereocenters. The summed E-state index contributed by atoms with van der Waals surface area (Å²) in [6.45, 7) is 0.328. The van der Waals surface area contributed by atoms with Gasteiger partial charge in [0.2, 0.25) is 5.91 Å². The number of hydrogen-bond donors (Lipinski definition) is 3. The molecule has 0 bridgehead atoms. The molecule has 1 amide bonds. The summed E-state index contributed by atoms with van der Waals surface area (Å²) >= 11 is 0. The maximum Gasteiger partial charge on any atom is 0.229 e. The Kier molecular flexibility index (Phi) is 5.79. The molecule has 0 unspecified atom stereocenters. The molecule has 0 aliphatic heterocycles. The standard InChI is InChI=1S/C26H27N3O/c27-17-26(25(30)29-18-28,15-19-9-11-21-5-1-3-7-23(21)13-19)16-20-10-12-22-6-2-4-8-24(22)14-20/h1-14H,15-18,27-28H2,(H,29,30). The van der Waals surface area contributed by atoms with Crippen molar-refractivity contribution in [1.29, 1.82) is 0 Å². The van der Waals surface area contributed by atoms with E-state index in [1.165, 1.54) is 10.8 Å². The summed E-state index contributed by atoms with van der Waals surface area (Å²) in [5, 5.41) is 7.49. The van der Waals surface area contributed by atoms with E-state index in [9.17, 15) is 4.79 Å². The number of carbonyl (C=O) groups excluding carboxylic acids is 1. The fourth-order valence-electron chi connectivity index (χ4n) is 4.22. The van der Waals surface area contributed by atoms with E-state index >= 15 is 0 Å². The lowest BCUT2D eigenvalue weighted by Gasteiger charge is -2.31. The molecule has 4 rings (SSSR count). The molecule has 0 heterocycles. The van der Waals surface area contributed by atoms with Crippen LogP contribution in [0, 0.1) is 5.41 Å². The molecular formula is C26H27N3O. The van der Waals surface area contributed by atoms with E-state index in [-0.39, 0.29) is 19.1 Å². The summed E-state index contributed by atoms with van der Waals surface area (Å²) in [7, 11) is 0. The lowest BCUT2D eigenvalue weighted by atomic mass is 9.75. The second-order valence-corrected chi connectivity index (χ2v) is 7.91. The quantitative estimate of drug-likeness (QED) is 0.415. The van der Waals surface area contributed by atoms with Crippen LogP contribution in [-0.4, -0.2) is 19.1 Å². The van der Waals surface area contributed by atoms with Gasteiger partial charge in [-0.05, 0) is 45.5 Å². The van der Waals surface area contributed by atoms with Crippen molar-refractivity contribution < 1.29 is 4.79 Å². The summed E-state index contributed by atoms with van der Waals surface area (Å²) in [5.41, 5.74) is 13.3. The van der Waals surface area contributed by atoms with Crippen LogP contribution in [0.4, 0.5) is 0 Å². The SMILES string of the molecule is NCNC(=O)C(CN)(Cc1ccc2ccccc2c1)Cc1ccc2ccccc2c1. The molecule has 4 aromatic carbocycles. The van der Waals surface area contributed by atoms with Gasteiger partial charge in [0, 0.05) is 6.54 Å². The van der Waals surface area contributed by atoms with Crippen LogP contribution >= 0.6 is 0 Å². The molecular weight excluding hydrogens is 370 g/mol. The molecule has 152 valence electrons. The highest BCUT2D eigenvalue weighted by molar-refractivity contribution is 5.86. The van der Waals surface area contributed by atoms with Gasteiger partial charge in [0.05, 0.1) is 12.1 Å². The topological polar surface area (TPSA) is 81.1 Å². The highest BCUT2D eigenvalue weighted by Gasteiger charge is 2.37. The van der Waals surface area contributed by atoms with Gasteiger partial charge in [-0.3, -0.25) is 4.79 Å². The second-order valence-electron chi connectivity index (χ2n) is 7.91. The minimum atomic E-state index is -0.774. The van der Waals surface area contributed by atoms with Gasteiger partial charge in [0.15, 0.2) is 0 Å². The molecule has 30 heavy (non-hydrogen) atoms. The first-order valence-corrected chi connectivity index (χ1v) is 10.3. The van der Waals surface area contributed by atoms with Gasteiger partial charge in [0.25, 0.3) is 0 Å². The Balaban J connectivity index is 1.71. The van der Waals surface area contributed by atoms with Crippen LogP contribution in [0.1, 0.15) is 11.1 Å². The molecule has 0 aliphatic carbocycles. The average Bonchev–Trinajstić information content (AvgIpc) is 2.78. The first-order chi connectivity index (χ1) is 14.6. The Morgan fingerprint density at radius 3 is 1.60 bits per heavy atom. The Labute approximate surface area is 176 Å². The molecule has 0 saturated carbocycles. The number of benzene rings is 4.